The fourth-order valence-electron chi connectivity index (χ4n) is 2.03. The molecule has 0 spiro atoms. The number of nitrogens with zero attached hydrogens (tertiary/aromatic N) is 2. The van der Waals surface area contributed by atoms with Gasteiger partial charge in [-0.25, -0.2) is 4.39 Å². The van der Waals surface area contributed by atoms with E-state index in [0.29, 0.717) is 5.69 Å². The molecule has 0 unspecified atom stereocenters. The number of anilines is 2. The monoisotopic (exact) mass is 273 g/mol. The number of pyridine rings is 1. The van der Waals surface area contributed by atoms with Gasteiger partial charge in [-0.2, -0.15) is 0 Å². The summed E-state index contributed by atoms with van der Waals surface area (Å²) in [6, 6.07) is 10.6. The van der Waals surface area contributed by atoms with E-state index in [1.165, 1.54) is 6.07 Å². The van der Waals surface area contributed by atoms with Crippen LogP contribution in [0.5, 0.6) is 0 Å². The van der Waals surface area contributed by atoms with Crippen LogP contribution in [0, 0.1) is 5.82 Å². The maximum Gasteiger partial charge on any atom is 0.146 e. The highest BCUT2D eigenvalue weighted by atomic mass is 19.1. The van der Waals surface area contributed by atoms with Crippen LogP contribution in [0.1, 0.15) is 19.0 Å². The normalized spacial score (nSPS) is 10.6. The second-order valence-corrected chi connectivity index (χ2v) is 4.69. The van der Waals surface area contributed by atoms with Crippen molar-refractivity contribution in [2.75, 3.05) is 18.5 Å². The number of nitrogens with one attached hydrogen (secondary N) is 1. The lowest BCUT2D eigenvalue weighted by Gasteiger charge is -2.20. The van der Waals surface area contributed by atoms with Crippen molar-refractivity contribution in [3.05, 3.63) is 54.1 Å². The number of aromatic nitrogens is 1. The van der Waals surface area contributed by atoms with E-state index in [-0.39, 0.29) is 5.82 Å². The zero-order valence-corrected chi connectivity index (χ0v) is 11.9. The maximum atomic E-state index is 13.8. The molecule has 0 aliphatic rings. The van der Waals surface area contributed by atoms with E-state index in [4.69, 9.17) is 0 Å². The van der Waals surface area contributed by atoms with Gasteiger partial charge in [0, 0.05) is 25.5 Å². The second kappa shape index (κ2) is 7.01. The minimum atomic E-state index is -0.225. The Balaban J connectivity index is 2.16. The predicted octanol–water partition coefficient (Wildman–Crippen LogP) is 3.49. The molecule has 0 fully saturated rings. The number of rotatable bonds is 6. The molecule has 20 heavy (non-hydrogen) atoms. The average Bonchev–Trinajstić information content (AvgIpc) is 2.48. The van der Waals surface area contributed by atoms with Crippen molar-refractivity contribution < 1.29 is 4.39 Å². The van der Waals surface area contributed by atoms with Crippen LogP contribution in [0.25, 0.3) is 0 Å². The molecular weight excluding hydrogens is 253 g/mol. The molecule has 2 rings (SSSR count). The summed E-state index contributed by atoms with van der Waals surface area (Å²) in [5.41, 5.74) is 2.45. The molecule has 4 heteroatoms. The van der Waals surface area contributed by atoms with Gasteiger partial charge in [0.1, 0.15) is 5.82 Å². The number of hydrogen-bond donors (Lipinski definition) is 1. The second-order valence-electron chi connectivity index (χ2n) is 4.69. The lowest BCUT2D eigenvalue weighted by atomic mass is 10.2. The summed E-state index contributed by atoms with van der Waals surface area (Å²) >= 11 is 0. The van der Waals surface area contributed by atoms with Gasteiger partial charge in [-0.3, -0.25) is 4.98 Å². The lowest BCUT2D eigenvalue weighted by molar-refractivity contribution is 0.627. The largest absolute Gasteiger partial charge is 0.342 e. The molecule has 0 atom stereocenters. The van der Waals surface area contributed by atoms with Crippen molar-refractivity contribution >= 4 is 11.4 Å². The molecule has 3 nitrogen and oxygen atoms in total. The highest BCUT2D eigenvalue weighted by molar-refractivity contribution is 5.62. The van der Waals surface area contributed by atoms with Gasteiger partial charge in [-0.15, -0.1) is 0 Å². The van der Waals surface area contributed by atoms with Gasteiger partial charge in [0.25, 0.3) is 0 Å². The third-order valence-electron chi connectivity index (χ3n) is 3.13. The molecule has 0 bridgehead atoms. The van der Waals surface area contributed by atoms with E-state index in [2.05, 4.69) is 17.2 Å². The minimum absolute atomic E-state index is 0.225. The smallest absolute Gasteiger partial charge is 0.146 e. The Bertz CT molecular complexity index is 557. The van der Waals surface area contributed by atoms with Gasteiger partial charge >= 0.3 is 0 Å². The van der Waals surface area contributed by atoms with Crippen molar-refractivity contribution in [2.45, 2.75) is 19.9 Å². The molecule has 0 amide bonds. The first kappa shape index (κ1) is 14.5. The topological polar surface area (TPSA) is 28.2 Å². The molecule has 0 aliphatic heterocycles. The molecule has 1 aromatic heterocycles. The molecule has 0 saturated carbocycles. The van der Waals surface area contributed by atoms with Crippen LogP contribution in [0.15, 0.2) is 42.6 Å². The predicted molar refractivity (Wildman–Crippen MR) is 80.7 cm³/mol. The summed E-state index contributed by atoms with van der Waals surface area (Å²) in [5, 5.41) is 3.31. The van der Waals surface area contributed by atoms with Crippen LogP contribution >= 0.6 is 0 Å². The summed E-state index contributed by atoms with van der Waals surface area (Å²) in [5.74, 6) is -0.225. The van der Waals surface area contributed by atoms with Crippen LogP contribution < -0.4 is 10.2 Å². The van der Waals surface area contributed by atoms with E-state index in [9.17, 15) is 4.39 Å². The Hall–Kier alpha value is -1.94. The highest BCUT2D eigenvalue weighted by Gasteiger charge is 2.09. The molecule has 0 aliphatic carbocycles. The van der Waals surface area contributed by atoms with E-state index < -0.39 is 0 Å². The van der Waals surface area contributed by atoms with Crippen molar-refractivity contribution in [3.8, 4) is 0 Å². The van der Waals surface area contributed by atoms with Crippen LogP contribution in [0.2, 0.25) is 0 Å². The molecule has 0 saturated heterocycles. The van der Waals surface area contributed by atoms with Crippen LogP contribution in [-0.4, -0.2) is 18.6 Å². The molecule has 2 aromatic rings. The zero-order chi connectivity index (χ0) is 14.4. The van der Waals surface area contributed by atoms with Crippen molar-refractivity contribution in [3.63, 3.8) is 0 Å². The van der Waals surface area contributed by atoms with Crippen LogP contribution in [-0.2, 0) is 6.54 Å². The van der Waals surface area contributed by atoms with E-state index in [1.54, 1.807) is 18.3 Å². The molecule has 1 heterocycles. The molecular formula is C16H20FN3. The van der Waals surface area contributed by atoms with Crippen molar-refractivity contribution in [1.82, 2.24) is 10.3 Å². The van der Waals surface area contributed by atoms with Gasteiger partial charge in [0.05, 0.1) is 11.4 Å². The standard InChI is InChI=1S/C16H20FN3/c1-3-9-18-12-13-11-14(8-10-19-13)20(2)16-7-5-4-6-15(16)17/h4-8,10-11,18H,3,9,12H2,1-2H3. The summed E-state index contributed by atoms with van der Waals surface area (Å²) in [4.78, 5) is 6.16. The SMILES string of the molecule is CCCNCc1cc(N(C)c2ccccc2F)ccn1. The Morgan fingerprint density at radius 2 is 2.05 bits per heavy atom. The first-order chi connectivity index (χ1) is 9.72. The third kappa shape index (κ3) is 3.54. The van der Waals surface area contributed by atoms with Gasteiger partial charge in [0.2, 0.25) is 0 Å². The first-order valence-electron chi connectivity index (χ1n) is 6.86. The third-order valence-corrected chi connectivity index (χ3v) is 3.13. The molecule has 106 valence electrons. The Kier molecular flexibility index (Phi) is 5.07. The van der Waals surface area contributed by atoms with Crippen molar-refractivity contribution in [2.24, 2.45) is 0 Å². The summed E-state index contributed by atoms with van der Waals surface area (Å²) in [7, 11) is 1.86. The van der Waals surface area contributed by atoms with Crippen molar-refractivity contribution in [1.29, 1.82) is 0 Å². The van der Waals surface area contributed by atoms with Gasteiger partial charge < -0.3 is 10.2 Å². The Morgan fingerprint density at radius 3 is 2.80 bits per heavy atom. The fourth-order valence-corrected chi connectivity index (χ4v) is 2.03. The fraction of sp³-hybridized carbons (Fsp3) is 0.312. The Morgan fingerprint density at radius 1 is 1.25 bits per heavy atom. The highest BCUT2D eigenvalue weighted by Crippen LogP contribution is 2.25. The number of hydrogen-bond acceptors (Lipinski definition) is 3. The summed E-state index contributed by atoms with van der Waals surface area (Å²) < 4.78 is 13.8. The van der Waals surface area contributed by atoms with Crippen LogP contribution in [0.4, 0.5) is 15.8 Å². The zero-order valence-electron chi connectivity index (χ0n) is 11.9. The summed E-state index contributed by atoms with van der Waals surface area (Å²) in [6.45, 7) is 3.82. The average molecular weight is 273 g/mol. The summed E-state index contributed by atoms with van der Waals surface area (Å²) in [6.07, 6.45) is 2.85. The quantitative estimate of drug-likeness (QED) is 0.817. The van der Waals surface area contributed by atoms with Gasteiger partial charge in [0.15, 0.2) is 0 Å². The number of halogens is 1. The maximum absolute atomic E-state index is 13.8. The van der Waals surface area contributed by atoms with Crippen LogP contribution in [0.3, 0.4) is 0 Å². The van der Waals surface area contributed by atoms with Gasteiger partial charge in [-0.1, -0.05) is 19.1 Å². The van der Waals surface area contributed by atoms with E-state index in [0.717, 1.165) is 30.9 Å². The molecule has 1 aromatic carbocycles. The molecule has 1 N–H and O–H groups in total. The van der Waals surface area contributed by atoms with E-state index >= 15 is 0 Å². The molecule has 0 radical (unpaired) electrons. The van der Waals surface area contributed by atoms with E-state index in [1.807, 2.05) is 30.1 Å². The number of benzene rings is 1. The minimum Gasteiger partial charge on any atom is -0.342 e. The van der Waals surface area contributed by atoms with Gasteiger partial charge in [-0.05, 0) is 37.2 Å². The lowest BCUT2D eigenvalue weighted by Crippen LogP contribution is -2.16. The first-order valence-corrected chi connectivity index (χ1v) is 6.86. The Labute approximate surface area is 119 Å². The number of para-hydroxylation sites is 1.